The van der Waals surface area contributed by atoms with Crippen molar-refractivity contribution in [3.63, 3.8) is 0 Å². The Balaban J connectivity index is 2.21. The number of rotatable bonds is 4. The Bertz CT molecular complexity index is 481. The summed E-state index contributed by atoms with van der Waals surface area (Å²) in [5, 5.41) is 5.50. The molecule has 2 aromatic heterocycles. The number of hydrogen-bond donors (Lipinski definition) is 2. The largest absolute Gasteiger partial charge is 0.368 e. The van der Waals surface area contributed by atoms with Crippen LogP contribution in [-0.4, -0.2) is 9.97 Å². The third-order valence-corrected chi connectivity index (χ3v) is 3.58. The maximum Gasteiger partial charge on any atom is 0.221 e. The van der Waals surface area contributed by atoms with Gasteiger partial charge in [0.05, 0.1) is 6.04 Å². The van der Waals surface area contributed by atoms with Gasteiger partial charge in [-0.25, -0.2) is 4.98 Å². The minimum absolute atomic E-state index is 0.281. The molecule has 0 aliphatic carbocycles. The van der Waals surface area contributed by atoms with Gasteiger partial charge in [0.1, 0.15) is 5.82 Å². The standard InChI is InChI=1S/C12H16N4S/c1-3-9(10-5-4-6-17-10)15-11-8(2)7-14-12(13)16-11/h4-7,9H,3H2,1-2H3,(H3,13,14,15,16). The second kappa shape index (κ2) is 5.14. The van der Waals surface area contributed by atoms with Crippen LogP contribution in [0.15, 0.2) is 23.7 Å². The van der Waals surface area contributed by atoms with Gasteiger partial charge in [-0.15, -0.1) is 11.3 Å². The molecule has 2 aromatic rings. The molecule has 4 nitrogen and oxygen atoms in total. The van der Waals surface area contributed by atoms with Gasteiger partial charge in [0.15, 0.2) is 0 Å². The molecule has 2 rings (SSSR count). The smallest absolute Gasteiger partial charge is 0.221 e. The monoisotopic (exact) mass is 248 g/mol. The quantitative estimate of drug-likeness (QED) is 0.873. The first-order valence-electron chi connectivity index (χ1n) is 5.59. The first-order valence-corrected chi connectivity index (χ1v) is 6.47. The van der Waals surface area contributed by atoms with E-state index in [4.69, 9.17) is 5.73 Å². The summed E-state index contributed by atoms with van der Waals surface area (Å²) < 4.78 is 0. The van der Waals surface area contributed by atoms with Gasteiger partial charge in [0, 0.05) is 16.6 Å². The van der Waals surface area contributed by atoms with Crippen molar-refractivity contribution in [3.8, 4) is 0 Å². The summed E-state index contributed by atoms with van der Waals surface area (Å²) in [4.78, 5) is 9.50. The Morgan fingerprint density at radius 3 is 3.00 bits per heavy atom. The maximum atomic E-state index is 5.60. The highest BCUT2D eigenvalue weighted by Gasteiger charge is 2.12. The van der Waals surface area contributed by atoms with Gasteiger partial charge in [0.25, 0.3) is 0 Å². The third kappa shape index (κ3) is 2.74. The summed E-state index contributed by atoms with van der Waals surface area (Å²) in [6.45, 7) is 4.13. The lowest BCUT2D eigenvalue weighted by molar-refractivity contribution is 0.757. The molecule has 0 aromatic carbocycles. The molecule has 0 fully saturated rings. The first kappa shape index (κ1) is 11.9. The van der Waals surface area contributed by atoms with Crippen molar-refractivity contribution in [2.24, 2.45) is 0 Å². The van der Waals surface area contributed by atoms with E-state index in [9.17, 15) is 0 Å². The number of nitrogens with one attached hydrogen (secondary N) is 1. The van der Waals surface area contributed by atoms with Gasteiger partial charge >= 0.3 is 0 Å². The highest BCUT2D eigenvalue weighted by molar-refractivity contribution is 7.10. The van der Waals surface area contributed by atoms with Crippen LogP contribution in [0.5, 0.6) is 0 Å². The van der Waals surface area contributed by atoms with E-state index in [1.807, 2.05) is 6.92 Å². The van der Waals surface area contributed by atoms with E-state index in [0.29, 0.717) is 5.95 Å². The highest BCUT2D eigenvalue weighted by atomic mass is 32.1. The predicted octanol–water partition coefficient (Wildman–Crippen LogP) is 2.99. The number of hydrogen-bond acceptors (Lipinski definition) is 5. The van der Waals surface area contributed by atoms with Crippen molar-refractivity contribution in [3.05, 3.63) is 34.2 Å². The van der Waals surface area contributed by atoms with E-state index in [1.54, 1.807) is 17.5 Å². The van der Waals surface area contributed by atoms with Crippen molar-refractivity contribution in [1.82, 2.24) is 9.97 Å². The van der Waals surface area contributed by atoms with Gasteiger partial charge in [-0.3, -0.25) is 0 Å². The fraction of sp³-hybridized carbons (Fsp3) is 0.333. The van der Waals surface area contributed by atoms with E-state index in [1.165, 1.54) is 4.88 Å². The molecule has 3 N–H and O–H groups in total. The van der Waals surface area contributed by atoms with E-state index in [2.05, 4.69) is 39.7 Å². The van der Waals surface area contributed by atoms with Crippen LogP contribution >= 0.6 is 11.3 Å². The van der Waals surface area contributed by atoms with E-state index in [0.717, 1.165) is 17.8 Å². The summed E-state index contributed by atoms with van der Waals surface area (Å²) in [5.41, 5.74) is 6.61. The van der Waals surface area contributed by atoms with Crippen molar-refractivity contribution >= 4 is 23.1 Å². The molecule has 0 radical (unpaired) electrons. The Kier molecular flexibility index (Phi) is 3.58. The molecule has 0 aliphatic rings. The molecule has 17 heavy (non-hydrogen) atoms. The van der Waals surface area contributed by atoms with E-state index < -0.39 is 0 Å². The lowest BCUT2D eigenvalue weighted by Gasteiger charge is -2.17. The summed E-state index contributed by atoms with van der Waals surface area (Å²) >= 11 is 1.75. The van der Waals surface area contributed by atoms with Crippen LogP contribution in [0.25, 0.3) is 0 Å². The number of thiophene rings is 1. The molecule has 0 bridgehead atoms. The minimum atomic E-state index is 0.281. The zero-order valence-electron chi connectivity index (χ0n) is 9.97. The zero-order chi connectivity index (χ0) is 12.3. The fourth-order valence-corrected chi connectivity index (χ4v) is 2.49. The summed E-state index contributed by atoms with van der Waals surface area (Å²) in [6.07, 6.45) is 2.75. The van der Waals surface area contributed by atoms with Crippen molar-refractivity contribution < 1.29 is 0 Å². The summed E-state index contributed by atoms with van der Waals surface area (Å²) in [5.74, 6) is 1.12. The van der Waals surface area contributed by atoms with Gasteiger partial charge in [0.2, 0.25) is 5.95 Å². The lowest BCUT2D eigenvalue weighted by Crippen LogP contribution is -2.11. The number of nitrogens with zero attached hydrogens (tertiary/aromatic N) is 2. The van der Waals surface area contributed by atoms with Crippen LogP contribution in [0.2, 0.25) is 0 Å². The molecule has 1 atom stereocenters. The Hall–Kier alpha value is -1.62. The van der Waals surface area contributed by atoms with Crippen LogP contribution in [0.3, 0.4) is 0 Å². The second-order valence-corrected chi connectivity index (χ2v) is 4.86. The van der Waals surface area contributed by atoms with Gasteiger partial charge < -0.3 is 11.1 Å². The molecule has 1 unspecified atom stereocenters. The molecular weight excluding hydrogens is 232 g/mol. The molecule has 2 heterocycles. The molecule has 0 amide bonds. The summed E-state index contributed by atoms with van der Waals surface area (Å²) in [6, 6.07) is 4.47. The van der Waals surface area contributed by atoms with Crippen molar-refractivity contribution in [2.75, 3.05) is 11.1 Å². The minimum Gasteiger partial charge on any atom is -0.368 e. The normalized spacial score (nSPS) is 12.4. The van der Waals surface area contributed by atoms with Crippen LogP contribution in [0.1, 0.15) is 29.8 Å². The SMILES string of the molecule is CCC(Nc1nc(N)ncc1C)c1cccs1. The van der Waals surface area contributed by atoms with Crippen LogP contribution in [0.4, 0.5) is 11.8 Å². The van der Waals surface area contributed by atoms with Gasteiger partial charge in [-0.1, -0.05) is 13.0 Å². The second-order valence-electron chi connectivity index (χ2n) is 3.88. The average Bonchev–Trinajstić information content (AvgIpc) is 2.84. The Labute approximate surface area is 105 Å². The molecule has 0 aliphatic heterocycles. The Morgan fingerprint density at radius 2 is 2.35 bits per heavy atom. The number of aromatic nitrogens is 2. The lowest BCUT2D eigenvalue weighted by atomic mass is 10.2. The number of anilines is 2. The molecule has 5 heteroatoms. The van der Waals surface area contributed by atoms with Crippen molar-refractivity contribution in [1.29, 1.82) is 0 Å². The maximum absolute atomic E-state index is 5.60. The Morgan fingerprint density at radius 1 is 1.53 bits per heavy atom. The van der Waals surface area contributed by atoms with Crippen LogP contribution in [0, 0.1) is 6.92 Å². The molecule has 90 valence electrons. The van der Waals surface area contributed by atoms with Crippen LogP contribution in [-0.2, 0) is 0 Å². The number of nitrogens with two attached hydrogens (primary N) is 1. The van der Waals surface area contributed by atoms with E-state index in [-0.39, 0.29) is 6.04 Å². The van der Waals surface area contributed by atoms with E-state index >= 15 is 0 Å². The average molecular weight is 248 g/mol. The molecular formula is C12H16N4S. The van der Waals surface area contributed by atoms with Crippen LogP contribution < -0.4 is 11.1 Å². The zero-order valence-corrected chi connectivity index (χ0v) is 10.8. The molecule has 0 saturated heterocycles. The van der Waals surface area contributed by atoms with Crippen molar-refractivity contribution in [2.45, 2.75) is 26.3 Å². The number of nitrogen functional groups attached to an aromatic ring is 1. The molecule has 0 saturated carbocycles. The topological polar surface area (TPSA) is 63.8 Å². The number of aryl methyl sites for hydroxylation is 1. The predicted molar refractivity (Wildman–Crippen MR) is 72.2 cm³/mol. The summed E-state index contributed by atoms with van der Waals surface area (Å²) in [7, 11) is 0. The fourth-order valence-electron chi connectivity index (χ4n) is 1.63. The third-order valence-electron chi connectivity index (χ3n) is 2.60. The van der Waals surface area contributed by atoms with Gasteiger partial charge in [-0.05, 0) is 24.8 Å². The highest BCUT2D eigenvalue weighted by Crippen LogP contribution is 2.26. The first-order chi connectivity index (χ1) is 8.20. The molecule has 0 spiro atoms. The van der Waals surface area contributed by atoms with Gasteiger partial charge in [-0.2, -0.15) is 4.98 Å².